The molecular weight excluding hydrogens is 366 g/mol. The molecule has 1 aromatic heterocycles. The normalized spacial score (nSPS) is 18.6. The molecule has 1 aliphatic heterocycles. The fourth-order valence-corrected chi connectivity index (χ4v) is 4.31. The maximum atomic E-state index is 6.10. The number of hydrogen-bond acceptors (Lipinski definition) is 2. The minimum absolute atomic E-state index is 0.192. The van der Waals surface area contributed by atoms with Crippen molar-refractivity contribution in [3.8, 4) is 0 Å². The summed E-state index contributed by atoms with van der Waals surface area (Å²) in [7, 11) is 0. The third kappa shape index (κ3) is 2.96. The van der Waals surface area contributed by atoms with Gasteiger partial charge >= 0.3 is 0 Å². The van der Waals surface area contributed by atoms with Crippen molar-refractivity contribution in [2.75, 3.05) is 5.32 Å². The van der Waals surface area contributed by atoms with Crippen molar-refractivity contribution < 1.29 is 0 Å². The highest BCUT2D eigenvalue weighted by Crippen LogP contribution is 2.41. The molecule has 0 saturated carbocycles. The Balaban J connectivity index is 1.63. The van der Waals surface area contributed by atoms with E-state index in [9.17, 15) is 0 Å². The van der Waals surface area contributed by atoms with Crippen LogP contribution in [0.3, 0.4) is 0 Å². The summed E-state index contributed by atoms with van der Waals surface area (Å²) in [6, 6.07) is 25.9. The van der Waals surface area contributed by atoms with Gasteiger partial charge in [0.1, 0.15) is 0 Å². The highest BCUT2D eigenvalue weighted by atomic mass is 35.5. The average molecular weight is 388 g/mol. The predicted octanol–water partition coefficient (Wildman–Crippen LogP) is 6.40. The molecule has 0 amide bonds. The van der Waals surface area contributed by atoms with Gasteiger partial charge in [-0.3, -0.25) is 0 Å². The molecule has 0 fully saturated rings. The number of aryl methyl sites for hydroxylation is 1. The molecule has 28 heavy (non-hydrogen) atoms. The topological polar surface area (TPSA) is 29.9 Å². The van der Waals surface area contributed by atoms with E-state index in [0.29, 0.717) is 0 Å². The third-order valence-corrected chi connectivity index (χ3v) is 5.97. The summed E-state index contributed by atoms with van der Waals surface area (Å²) < 4.78 is 2.35. The van der Waals surface area contributed by atoms with Crippen LogP contribution in [0.1, 0.15) is 42.1 Å². The number of nitrogens with zero attached hydrogens (tertiary/aromatic N) is 2. The van der Waals surface area contributed by atoms with Gasteiger partial charge in [0.05, 0.1) is 23.1 Å². The molecule has 0 bridgehead atoms. The number of para-hydroxylation sites is 2. The SMILES string of the molecule is CCc1ccc([C@H]2C[C@H](c3ccc(Cl)cc3)Nc3nc4ccccc4n32)cc1. The van der Waals surface area contributed by atoms with E-state index in [-0.39, 0.29) is 12.1 Å². The van der Waals surface area contributed by atoms with Crippen LogP contribution in [0.15, 0.2) is 72.8 Å². The van der Waals surface area contributed by atoms with Gasteiger partial charge in [0.2, 0.25) is 5.95 Å². The zero-order valence-corrected chi connectivity index (χ0v) is 16.5. The maximum Gasteiger partial charge on any atom is 0.204 e. The van der Waals surface area contributed by atoms with Gasteiger partial charge in [-0.15, -0.1) is 0 Å². The number of benzene rings is 3. The van der Waals surface area contributed by atoms with Gasteiger partial charge in [-0.25, -0.2) is 4.98 Å². The highest BCUT2D eigenvalue weighted by molar-refractivity contribution is 6.30. The number of fused-ring (bicyclic) bond motifs is 3. The average Bonchev–Trinajstić information content (AvgIpc) is 3.12. The van der Waals surface area contributed by atoms with Gasteiger partial charge in [0, 0.05) is 5.02 Å². The number of imidazole rings is 1. The Kier molecular flexibility index (Phi) is 4.33. The van der Waals surface area contributed by atoms with Crippen molar-refractivity contribution in [3.05, 3.63) is 94.5 Å². The first-order valence-corrected chi connectivity index (χ1v) is 10.2. The first-order valence-electron chi connectivity index (χ1n) is 9.80. The van der Waals surface area contributed by atoms with Crippen LogP contribution in [0.4, 0.5) is 5.95 Å². The Morgan fingerprint density at radius 3 is 2.43 bits per heavy atom. The molecule has 3 nitrogen and oxygen atoms in total. The van der Waals surface area contributed by atoms with E-state index in [1.54, 1.807) is 0 Å². The first-order chi connectivity index (χ1) is 13.7. The summed E-state index contributed by atoms with van der Waals surface area (Å²) in [5.74, 6) is 0.928. The second-order valence-electron chi connectivity index (χ2n) is 7.39. The van der Waals surface area contributed by atoms with Gasteiger partial charge in [-0.2, -0.15) is 0 Å². The van der Waals surface area contributed by atoms with Crippen LogP contribution >= 0.6 is 11.6 Å². The highest BCUT2D eigenvalue weighted by Gasteiger charge is 2.30. The molecule has 3 aromatic carbocycles. The van der Waals surface area contributed by atoms with Gasteiger partial charge < -0.3 is 9.88 Å². The standard InChI is InChI=1S/C24H22ClN3/c1-2-16-7-9-18(10-8-16)23-15-21(17-11-13-19(25)14-12-17)27-24-26-20-5-3-4-6-22(20)28(23)24/h3-14,21,23H,2,15H2,1H3,(H,26,27)/t21-,23-/m1/s1. The predicted molar refractivity (Wildman–Crippen MR) is 116 cm³/mol. The lowest BCUT2D eigenvalue weighted by Gasteiger charge is -2.33. The van der Waals surface area contributed by atoms with Crippen LogP contribution in [0.5, 0.6) is 0 Å². The zero-order valence-electron chi connectivity index (χ0n) is 15.8. The second kappa shape index (κ2) is 6.99. The summed E-state index contributed by atoms with van der Waals surface area (Å²) in [5.41, 5.74) is 6.11. The van der Waals surface area contributed by atoms with Gasteiger partial charge in [0.25, 0.3) is 0 Å². The minimum atomic E-state index is 0.192. The Hall–Kier alpha value is -2.78. The largest absolute Gasteiger partial charge is 0.349 e. The summed E-state index contributed by atoms with van der Waals surface area (Å²) in [6.45, 7) is 2.19. The molecule has 5 rings (SSSR count). The maximum absolute atomic E-state index is 6.10. The number of anilines is 1. The van der Waals surface area contributed by atoms with Crippen LogP contribution in [0, 0.1) is 0 Å². The van der Waals surface area contributed by atoms with Gasteiger partial charge in [-0.05, 0) is 53.8 Å². The molecule has 0 saturated heterocycles. The van der Waals surface area contributed by atoms with Crippen LogP contribution in [-0.4, -0.2) is 9.55 Å². The summed E-state index contributed by atoms with van der Waals surface area (Å²) in [6.07, 6.45) is 2.01. The van der Waals surface area contributed by atoms with E-state index >= 15 is 0 Å². The summed E-state index contributed by atoms with van der Waals surface area (Å²) in [5, 5.41) is 4.42. The van der Waals surface area contributed by atoms with Crippen molar-refractivity contribution in [2.24, 2.45) is 0 Å². The van der Waals surface area contributed by atoms with Crippen LogP contribution in [0.2, 0.25) is 5.02 Å². The minimum Gasteiger partial charge on any atom is -0.349 e. The summed E-state index contributed by atoms with van der Waals surface area (Å²) >= 11 is 6.10. The molecule has 2 atom stereocenters. The Bertz CT molecular complexity index is 1110. The van der Waals surface area contributed by atoms with Crippen LogP contribution < -0.4 is 5.32 Å². The lowest BCUT2D eigenvalue weighted by molar-refractivity contribution is 0.477. The molecule has 1 N–H and O–H groups in total. The van der Waals surface area contributed by atoms with Gasteiger partial charge in [0.15, 0.2) is 0 Å². The Morgan fingerprint density at radius 1 is 0.964 bits per heavy atom. The number of nitrogens with one attached hydrogen (secondary N) is 1. The van der Waals surface area contributed by atoms with E-state index in [2.05, 4.69) is 71.4 Å². The van der Waals surface area contributed by atoms with Crippen molar-refractivity contribution in [3.63, 3.8) is 0 Å². The molecule has 0 aliphatic carbocycles. The summed E-state index contributed by atoms with van der Waals surface area (Å²) in [4.78, 5) is 4.88. The van der Waals surface area contributed by atoms with E-state index < -0.39 is 0 Å². The van der Waals surface area contributed by atoms with Crippen molar-refractivity contribution >= 4 is 28.6 Å². The van der Waals surface area contributed by atoms with Crippen molar-refractivity contribution in [1.82, 2.24) is 9.55 Å². The zero-order chi connectivity index (χ0) is 19.1. The number of aromatic nitrogens is 2. The number of rotatable bonds is 3. The molecule has 140 valence electrons. The molecule has 0 unspecified atom stereocenters. The number of halogens is 1. The smallest absolute Gasteiger partial charge is 0.204 e. The molecule has 0 radical (unpaired) electrons. The first kappa shape index (κ1) is 17.3. The molecular formula is C24H22ClN3. The van der Waals surface area contributed by atoms with E-state index in [1.807, 2.05) is 18.2 Å². The Labute approximate surface area is 170 Å². The lowest BCUT2D eigenvalue weighted by Crippen LogP contribution is -2.27. The van der Waals surface area contributed by atoms with Gasteiger partial charge in [-0.1, -0.05) is 67.1 Å². The van der Waals surface area contributed by atoms with E-state index in [0.717, 1.165) is 29.3 Å². The van der Waals surface area contributed by atoms with E-state index in [4.69, 9.17) is 16.6 Å². The van der Waals surface area contributed by atoms with Crippen molar-refractivity contribution in [2.45, 2.75) is 31.8 Å². The fraction of sp³-hybridized carbons (Fsp3) is 0.208. The molecule has 0 spiro atoms. The fourth-order valence-electron chi connectivity index (χ4n) is 4.18. The molecule has 1 aliphatic rings. The second-order valence-corrected chi connectivity index (χ2v) is 7.83. The molecule has 4 aromatic rings. The number of hydrogen-bond donors (Lipinski definition) is 1. The third-order valence-electron chi connectivity index (χ3n) is 5.71. The molecule has 4 heteroatoms. The quantitative estimate of drug-likeness (QED) is 0.441. The van der Waals surface area contributed by atoms with Crippen molar-refractivity contribution in [1.29, 1.82) is 0 Å². The van der Waals surface area contributed by atoms with E-state index in [1.165, 1.54) is 22.2 Å². The Morgan fingerprint density at radius 2 is 1.68 bits per heavy atom. The van der Waals surface area contributed by atoms with Crippen LogP contribution in [-0.2, 0) is 6.42 Å². The lowest BCUT2D eigenvalue weighted by atomic mass is 9.92. The monoisotopic (exact) mass is 387 g/mol. The van der Waals surface area contributed by atoms with Crippen LogP contribution in [0.25, 0.3) is 11.0 Å². The molecule has 2 heterocycles.